The molecule has 0 fully saturated rings. The summed E-state index contributed by atoms with van der Waals surface area (Å²) in [6.45, 7) is 10.4. The molecule has 1 heterocycles. The molecule has 1 aromatic carbocycles. The summed E-state index contributed by atoms with van der Waals surface area (Å²) in [4.78, 5) is 2.40. The van der Waals surface area contributed by atoms with Crippen molar-refractivity contribution in [1.29, 1.82) is 0 Å². The van der Waals surface area contributed by atoms with Gasteiger partial charge in [0.15, 0.2) is 5.82 Å². The molecule has 0 radical (unpaired) electrons. The number of hydrogen-bond donors (Lipinski definition) is 1. The number of rotatable bonds is 7. The predicted molar refractivity (Wildman–Crippen MR) is 84.8 cm³/mol. The zero-order chi connectivity index (χ0) is 15.2. The van der Waals surface area contributed by atoms with Gasteiger partial charge in [0, 0.05) is 17.8 Å². The number of anilines is 1. The highest BCUT2D eigenvalue weighted by Crippen LogP contribution is 2.21. The maximum atomic E-state index is 5.97. The van der Waals surface area contributed by atoms with E-state index in [0.29, 0.717) is 0 Å². The summed E-state index contributed by atoms with van der Waals surface area (Å²) < 4.78 is 1.85. The summed E-state index contributed by atoms with van der Waals surface area (Å²) in [5.74, 6) is 0.779. The Hall–Kier alpha value is -1.95. The quantitative estimate of drug-likeness (QED) is 0.788. The monoisotopic (exact) mass is 288 g/mol. The largest absolute Gasteiger partial charge is 0.398 e. The third-order valence-electron chi connectivity index (χ3n) is 3.81. The van der Waals surface area contributed by atoms with Crippen molar-refractivity contribution in [3.63, 3.8) is 0 Å². The van der Waals surface area contributed by atoms with Gasteiger partial charge in [-0.25, -0.2) is 4.68 Å². The fourth-order valence-corrected chi connectivity index (χ4v) is 2.33. The molecule has 0 aliphatic carbocycles. The summed E-state index contributed by atoms with van der Waals surface area (Å²) in [6.07, 6.45) is 1.03. The molecule has 2 aromatic rings. The molecular weight excluding hydrogens is 264 g/mol. The number of nitrogens with two attached hydrogens (primary N) is 1. The van der Waals surface area contributed by atoms with Crippen molar-refractivity contribution in [2.45, 2.75) is 33.7 Å². The van der Waals surface area contributed by atoms with Crippen molar-refractivity contribution in [3.05, 3.63) is 23.8 Å². The topological polar surface area (TPSA) is 72.9 Å². The van der Waals surface area contributed by atoms with E-state index in [1.807, 2.05) is 29.8 Å². The molecule has 0 aliphatic heterocycles. The second-order valence-corrected chi connectivity index (χ2v) is 5.18. The minimum absolute atomic E-state index is 0.769. The van der Waals surface area contributed by atoms with Crippen LogP contribution in [0.15, 0.2) is 18.2 Å². The lowest BCUT2D eigenvalue weighted by Crippen LogP contribution is -2.25. The van der Waals surface area contributed by atoms with Crippen LogP contribution in [0.3, 0.4) is 0 Å². The molecule has 2 rings (SSSR count). The van der Waals surface area contributed by atoms with Crippen LogP contribution in [0.25, 0.3) is 11.4 Å². The molecule has 2 N–H and O–H groups in total. The molecule has 21 heavy (non-hydrogen) atoms. The van der Waals surface area contributed by atoms with Crippen LogP contribution in [0.1, 0.15) is 25.8 Å². The second kappa shape index (κ2) is 7.17. The highest BCUT2D eigenvalue weighted by molar-refractivity contribution is 5.63. The first-order valence-corrected chi connectivity index (χ1v) is 7.50. The molecule has 0 spiro atoms. The number of tetrazole rings is 1. The van der Waals surface area contributed by atoms with Gasteiger partial charge in [-0.15, -0.1) is 5.10 Å². The molecule has 6 nitrogen and oxygen atoms in total. The van der Waals surface area contributed by atoms with E-state index < -0.39 is 0 Å². The van der Waals surface area contributed by atoms with Crippen molar-refractivity contribution in [2.75, 3.05) is 25.4 Å². The van der Waals surface area contributed by atoms with Gasteiger partial charge >= 0.3 is 0 Å². The first-order valence-electron chi connectivity index (χ1n) is 7.50. The smallest absolute Gasteiger partial charge is 0.182 e. The molecule has 0 unspecified atom stereocenters. The summed E-state index contributed by atoms with van der Waals surface area (Å²) in [7, 11) is 0. The van der Waals surface area contributed by atoms with Gasteiger partial charge in [0.1, 0.15) is 0 Å². The Kier molecular flexibility index (Phi) is 5.27. The molecule has 0 amide bonds. The molecule has 1 aromatic heterocycles. The lowest BCUT2D eigenvalue weighted by molar-refractivity contribution is 0.291. The van der Waals surface area contributed by atoms with E-state index in [2.05, 4.69) is 34.3 Å². The highest BCUT2D eigenvalue weighted by atomic mass is 15.5. The Morgan fingerprint density at radius 2 is 2.00 bits per heavy atom. The maximum Gasteiger partial charge on any atom is 0.182 e. The van der Waals surface area contributed by atoms with Crippen LogP contribution in [-0.4, -0.2) is 44.7 Å². The summed E-state index contributed by atoms with van der Waals surface area (Å²) in [5.41, 5.74) is 8.77. The minimum Gasteiger partial charge on any atom is -0.398 e. The number of aromatic nitrogens is 4. The summed E-state index contributed by atoms with van der Waals surface area (Å²) in [6, 6.07) is 5.94. The zero-order valence-electron chi connectivity index (χ0n) is 13.1. The van der Waals surface area contributed by atoms with E-state index in [1.54, 1.807) is 0 Å². The van der Waals surface area contributed by atoms with Gasteiger partial charge < -0.3 is 10.6 Å². The van der Waals surface area contributed by atoms with Crippen molar-refractivity contribution in [3.8, 4) is 11.4 Å². The lowest BCUT2D eigenvalue weighted by atomic mass is 10.1. The van der Waals surface area contributed by atoms with Crippen LogP contribution in [-0.2, 0) is 6.54 Å². The molecule has 6 heteroatoms. The fourth-order valence-electron chi connectivity index (χ4n) is 2.33. The first-order chi connectivity index (χ1) is 10.2. The molecule has 0 saturated heterocycles. The molecule has 114 valence electrons. The number of nitrogen functional groups attached to an aromatic ring is 1. The third-order valence-corrected chi connectivity index (χ3v) is 3.81. The van der Waals surface area contributed by atoms with Crippen LogP contribution < -0.4 is 5.73 Å². The Labute approximate surface area is 125 Å². The van der Waals surface area contributed by atoms with Gasteiger partial charge in [-0.05, 0) is 55.0 Å². The van der Waals surface area contributed by atoms with Crippen LogP contribution in [0.2, 0.25) is 0 Å². The highest BCUT2D eigenvalue weighted by Gasteiger charge is 2.10. The Bertz CT molecular complexity index is 573. The molecular formula is C15H24N6. The van der Waals surface area contributed by atoms with Crippen molar-refractivity contribution >= 4 is 5.69 Å². The van der Waals surface area contributed by atoms with Gasteiger partial charge in [-0.1, -0.05) is 26.0 Å². The Morgan fingerprint density at radius 3 is 2.67 bits per heavy atom. The van der Waals surface area contributed by atoms with Crippen molar-refractivity contribution in [2.24, 2.45) is 0 Å². The Morgan fingerprint density at radius 1 is 1.24 bits per heavy atom. The normalized spacial score (nSPS) is 11.2. The molecule has 0 atom stereocenters. The lowest BCUT2D eigenvalue weighted by Gasteiger charge is -2.17. The van der Waals surface area contributed by atoms with E-state index in [4.69, 9.17) is 5.73 Å². The predicted octanol–water partition coefficient (Wildman–Crippen LogP) is 1.96. The van der Waals surface area contributed by atoms with Crippen LogP contribution in [0.4, 0.5) is 5.69 Å². The standard InChI is InChI=1S/C15H24N6/c1-4-20(5-2)9-6-10-21-15(17-18-19-21)13-8-7-12(3)14(16)11-13/h7-8,11H,4-6,9-10,16H2,1-3H3. The minimum atomic E-state index is 0.769. The van der Waals surface area contributed by atoms with Gasteiger partial charge in [0.05, 0.1) is 0 Å². The number of hydrogen-bond acceptors (Lipinski definition) is 5. The summed E-state index contributed by atoms with van der Waals surface area (Å²) in [5, 5.41) is 12.0. The van der Waals surface area contributed by atoms with E-state index in [0.717, 1.165) is 55.2 Å². The van der Waals surface area contributed by atoms with E-state index in [1.165, 1.54) is 0 Å². The fraction of sp³-hybridized carbons (Fsp3) is 0.533. The van der Waals surface area contributed by atoms with Gasteiger partial charge in [-0.2, -0.15) is 0 Å². The van der Waals surface area contributed by atoms with Crippen molar-refractivity contribution in [1.82, 2.24) is 25.1 Å². The Balaban J connectivity index is 2.06. The molecule has 0 bridgehead atoms. The van der Waals surface area contributed by atoms with Crippen LogP contribution >= 0.6 is 0 Å². The van der Waals surface area contributed by atoms with Gasteiger partial charge in [-0.3, -0.25) is 0 Å². The number of benzene rings is 1. The zero-order valence-corrected chi connectivity index (χ0v) is 13.1. The number of aryl methyl sites for hydroxylation is 2. The van der Waals surface area contributed by atoms with Gasteiger partial charge in [0.25, 0.3) is 0 Å². The summed E-state index contributed by atoms with van der Waals surface area (Å²) >= 11 is 0. The first kappa shape index (κ1) is 15.4. The second-order valence-electron chi connectivity index (χ2n) is 5.18. The van der Waals surface area contributed by atoms with Crippen molar-refractivity contribution < 1.29 is 0 Å². The van der Waals surface area contributed by atoms with Crippen LogP contribution in [0, 0.1) is 6.92 Å². The van der Waals surface area contributed by atoms with E-state index in [-0.39, 0.29) is 0 Å². The van der Waals surface area contributed by atoms with E-state index >= 15 is 0 Å². The van der Waals surface area contributed by atoms with Crippen LogP contribution in [0.5, 0.6) is 0 Å². The maximum absolute atomic E-state index is 5.97. The molecule has 0 aliphatic rings. The van der Waals surface area contributed by atoms with Gasteiger partial charge in [0.2, 0.25) is 0 Å². The third kappa shape index (κ3) is 3.78. The SMILES string of the molecule is CCN(CC)CCCn1nnnc1-c1ccc(C)c(N)c1. The molecule has 0 saturated carbocycles. The van der Waals surface area contributed by atoms with E-state index in [9.17, 15) is 0 Å². The average Bonchev–Trinajstić information content (AvgIpc) is 2.95. The average molecular weight is 288 g/mol. The number of nitrogens with zero attached hydrogens (tertiary/aromatic N) is 5.